The van der Waals surface area contributed by atoms with E-state index in [-0.39, 0.29) is 50.4 Å². The lowest BCUT2D eigenvalue weighted by atomic mass is 9.92. The molecule has 1 atom stereocenters. The molecule has 0 saturated heterocycles. The van der Waals surface area contributed by atoms with E-state index >= 15 is 0 Å². The molecule has 180 valence electrons. The summed E-state index contributed by atoms with van der Waals surface area (Å²) in [6.45, 7) is 3.49. The molecular weight excluding hydrogens is 469 g/mol. The van der Waals surface area contributed by atoms with Crippen LogP contribution in [0.2, 0.25) is 5.02 Å². The van der Waals surface area contributed by atoms with Gasteiger partial charge in [-0.15, -0.1) is 13.2 Å². The first-order chi connectivity index (χ1) is 15.5. The molecule has 0 bridgehead atoms. The highest BCUT2D eigenvalue weighted by Gasteiger charge is 2.40. The van der Waals surface area contributed by atoms with Crippen molar-refractivity contribution in [3.8, 4) is 5.75 Å². The van der Waals surface area contributed by atoms with Crippen LogP contribution in [0, 0.1) is 0 Å². The molecule has 1 aliphatic carbocycles. The summed E-state index contributed by atoms with van der Waals surface area (Å²) in [5.41, 5.74) is 0.645. The SMILES string of the molecule is C=C(CCNC(=O)[C@H]1CC(=O)c2cc(Cl)ccc2O1)NC(=O)CO[C@H]1C[C@@H](OC(F)(F)F)C1. The van der Waals surface area contributed by atoms with Crippen molar-refractivity contribution >= 4 is 29.2 Å². The molecule has 1 heterocycles. The van der Waals surface area contributed by atoms with E-state index in [4.69, 9.17) is 21.1 Å². The lowest BCUT2D eigenvalue weighted by Gasteiger charge is -2.34. The first-order valence-corrected chi connectivity index (χ1v) is 10.5. The molecule has 2 aliphatic rings. The monoisotopic (exact) mass is 490 g/mol. The third-order valence-electron chi connectivity index (χ3n) is 5.02. The number of ketones is 1. The number of Topliss-reactive ketones (excluding diaryl/α,β-unsaturated/α-hetero) is 1. The molecule has 0 radical (unpaired) electrons. The van der Waals surface area contributed by atoms with Gasteiger partial charge in [0, 0.05) is 36.5 Å². The van der Waals surface area contributed by atoms with Crippen LogP contribution in [0.4, 0.5) is 13.2 Å². The highest BCUT2D eigenvalue weighted by molar-refractivity contribution is 6.31. The number of ether oxygens (including phenoxy) is 3. The number of hydrogen-bond donors (Lipinski definition) is 2. The zero-order chi connectivity index (χ0) is 24.2. The molecule has 1 aromatic rings. The van der Waals surface area contributed by atoms with Gasteiger partial charge < -0.3 is 20.1 Å². The third-order valence-corrected chi connectivity index (χ3v) is 5.25. The lowest BCUT2D eigenvalue weighted by molar-refractivity contribution is -0.357. The van der Waals surface area contributed by atoms with Crippen molar-refractivity contribution in [2.24, 2.45) is 0 Å². The molecule has 0 spiro atoms. The van der Waals surface area contributed by atoms with Crippen molar-refractivity contribution in [3.05, 3.63) is 41.1 Å². The van der Waals surface area contributed by atoms with Gasteiger partial charge in [0.15, 0.2) is 11.9 Å². The molecule has 2 amide bonds. The smallest absolute Gasteiger partial charge is 0.479 e. The number of carbonyl (C=O) groups is 3. The van der Waals surface area contributed by atoms with Crippen LogP contribution in [0.25, 0.3) is 0 Å². The van der Waals surface area contributed by atoms with E-state index in [9.17, 15) is 27.6 Å². The van der Waals surface area contributed by atoms with Crippen LogP contribution in [-0.2, 0) is 19.1 Å². The maximum atomic E-state index is 12.3. The number of halogens is 4. The fourth-order valence-corrected chi connectivity index (χ4v) is 3.49. The second-order valence-electron chi connectivity index (χ2n) is 7.66. The van der Waals surface area contributed by atoms with Crippen molar-refractivity contribution in [1.82, 2.24) is 10.6 Å². The summed E-state index contributed by atoms with van der Waals surface area (Å²) in [6, 6.07) is 4.58. The Hall–Kier alpha value is -2.63. The number of fused-ring (bicyclic) bond motifs is 1. The predicted molar refractivity (Wildman–Crippen MR) is 110 cm³/mol. The van der Waals surface area contributed by atoms with Crippen LogP contribution in [-0.4, -0.2) is 55.4 Å². The molecule has 1 saturated carbocycles. The number of hydrogen-bond acceptors (Lipinski definition) is 6. The Morgan fingerprint density at radius 1 is 1.24 bits per heavy atom. The minimum atomic E-state index is -4.68. The molecule has 0 unspecified atom stereocenters. The van der Waals surface area contributed by atoms with Gasteiger partial charge in [-0.05, 0) is 18.2 Å². The molecule has 0 aromatic heterocycles. The number of carbonyl (C=O) groups excluding carboxylic acids is 3. The van der Waals surface area contributed by atoms with Gasteiger partial charge in [-0.2, -0.15) is 0 Å². The summed E-state index contributed by atoms with van der Waals surface area (Å²) < 4.78 is 50.9. The summed E-state index contributed by atoms with van der Waals surface area (Å²) in [7, 11) is 0. The highest BCUT2D eigenvalue weighted by Crippen LogP contribution is 2.32. The Balaban J connectivity index is 1.30. The Morgan fingerprint density at radius 3 is 2.67 bits per heavy atom. The van der Waals surface area contributed by atoms with Crippen molar-refractivity contribution in [1.29, 1.82) is 0 Å². The number of rotatable bonds is 9. The summed E-state index contributed by atoms with van der Waals surface area (Å²) in [6.07, 6.45) is -6.88. The maximum Gasteiger partial charge on any atom is 0.522 e. The second-order valence-corrected chi connectivity index (χ2v) is 8.09. The van der Waals surface area contributed by atoms with Gasteiger partial charge in [0.1, 0.15) is 12.4 Å². The van der Waals surface area contributed by atoms with Crippen LogP contribution in [0.3, 0.4) is 0 Å². The molecule has 3 rings (SSSR count). The van der Waals surface area contributed by atoms with Gasteiger partial charge in [-0.25, -0.2) is 0 Å². The minimum absolute atomic E-state index is 0.0586. The molecule has 1 fully saturated rings. The predicted octanol–water partition coefficient (Wildman–Crippen LogP) is 2.89. The van der Waals surface area contributed by atoms with E-state index < -0.39 is 36.5 Å². The minimum Gasteiger partial charge on any atom is -0.479 e. The van der Waals surface area contributed by atoms with Gasteiger partial charge in [-0.3, -0.25) is 19.1 Å². The quantitative estimate of drug-likeness (QED) is 0.552. The average Bonchev–Trinajstić information content (AvgIpc) is 2.69. The van der Waals surface area contributed by atoms with Crippen molar-refractivity contribution in [3.63, 3.8) is 0 Å². The summed E-state index contributed by atoms with van der Waals surface area (Å²) in [5, 5.41) is 5.51. The van der Waals surface area contributed by atoms with Crippen molar-refractivity contribution < 1.29 is 41.8 Å². The van der Waals surface area contributed by atoms with E-state index in [0.29, 0.717) is 16.3 Å². The number of amides is 2. The highest BCUT2D eigenvalue weighted by atomic mass is 35.5. The molecule has 1 aliphatic heterocycles. The van der Waals surface area contributed by atoms with E-state index in [0.717, 1.165) is 0 Å². The molecular formula is C21H22ClF3N2O6. The number of nitrogens with one attached hydrogen (secondary N) is 2. The Kier molecular flexibility index (Phi) is 7.98. The number of benzene rings is 1. The van der Waals surface area contributed by atoms with E-state index in [1.807, 2.05) is 0 Å². The normalized spacial score (nSPS) is 21.9. The Labute approximate surface area is 192 Å². The average molecular weight is 491 g/mol. The summed E-state index contributed by atoms with van der Waals surface area (Å²) >= 11 is 5.87. The zero-order valence-corrected chi connectivity index (χ0v) is 18.1. The van der Waals surface area contributed by atoms with E-state index in [2.05, 4.69) is 21.9 Å². The largest absolute Gasteiger partial charge is 0.522 e. The molecule has 33 heavy (non-hydrogen) atoms. The van der Waals surface area contributed by atoms with Crippen molar-refractivity contribution in [2.75, 3.05) is 13.2 Å². The first kappa shape index (κ1) is 25.0. The fraction of sp³-hybridized carbons (Fsp3) is 0.476. The third kappa shape index (κ3) is 7.44. The fourth-order valence-electron chi connectivity index (χ4n) is 3.32. The standard InChI is InChI=1S/C21H22ClF3N2O6/c1-11(27-19(29)10-31-13-7-14(8-13)33-21(23,24)25)4-5-26-20(30)18-9-16(28)15-6-12(22)2-3-17(15)32-18/h2-3,6,13-14,18H,1,4-5,7-10H2,(H,26,30)(H,27,29)/t13-,14+,18-/m1/s1. The molecule has 2 N–H and O–H groups in total. The molecule has 8 nitrogen and oxygen atoms in total. The van der Waals surface area contributed by atoms with Crippen LogP contribution in [0.5, 0.6) is 5.75 Å². The number of alkyl halides is 3. The molecule has 12 heteroatoms. The van der Waals surface area contributed by atoms with Crippen LogP contribution in [0.15, 0.2) is 30.5 Å². The van der Waals surface area contributed by atoms with Crippen LogP contribution < -0.4 is 15.4 Å². The van der Waals surface area contributed by atoms with Crippen molar-refractivity contribution in [2.45, 2.75) is 50.4 Å². The van der Waals surface area contributed by atoms with E-state index in [1.165, 1.54) is 12.1 Å². The first-order valence-electron chi connectivity index (χ1n) is 10.1. The van der Waals surface area contributed by atoms with Gasteiger partial charge in [0.25, 0.3) is 5.91 Å². The maximum absolute atomic E-state index is 12.3. The zero-order valence-electron chi connectivity index (χ0n) is 17.4. The van der Waals surface area contributed by atoms with Crippen LogP contribution in [0.1, 0.15) is 36.0 Å². The van der Waals surface area contributed by atoms with Gasteiger partial charge in [0.2, 0.25) is 5.91 Å². The molecule has 1 aromatic carbocycles. The van der Waals surface area contributed by atoms with Gasteiger partial charge in [0.05, 0.1) is 24.2 Å². The summed E-state index contributed by atoms with van der Waals surface area (Å²) in [4.78, 5) is 36.4. The topological polar surface area (TPSA) is 103 Å². The van der Waals surface area contributed by atoms with Gasteiger partial charge in [-0.1, -0.05) is 18.2 Å². The second kappa shape index (κ2) is 10.5. The van der Waals surface area contributed by atoms with Crippen LogP contribution >= 0.6 is 11.6 Å². The van der Waals surface area contributed by atoms with E-state index in [1.54, 1.807) is 6.07 Å². The Bertz CT molecular complexity index is 933. The Morgan fingerprint density at radius 2 is 1.97 bits per heavy atom. The lowest BCUT2D eigenvalue weighted by Crippen LogP contribution is -2.43. The summed E-state index contributed by atoms with van der Waals surface area (Å²) in [5.74, 6) is -0.955. The van der Waals surface area contributed by atoms with Gasteiger partial charge >= 0.3 is 6.36 Å².